The number of Topliss-reactive ketones (excluding diaryl/α,β-unsaturated/α-hetero) is 1. The predicted octanol–water partition coefficient (Wildman–Crippen LogP) is 2.07. The number of amides is 1. The molecule has 24 heavy (non-hydrogen) atoms. The number of hydrogen-bond donors (Lipinski definition) is 1. The van der Waals surface area contributed by atoms with Crippen LogP contribution in [0.25, 0.3) is 0 Å². The quantitative estimate of drug-likeness (QED) is 0.846. The van der Waals surface area contributed by atoms with Crippen molar-refractivity contribution in [3.63, 3.8) is 0 Å². The Kier molecular flexibility index (Phi) is 4.34. The summed E-state index contributed by atoms with van der Waals surface area (Å²) in [6.45, 7) is 3.74. The number of carbonyl (C=O) groups is 2. The summed E-state index contributed by atoms with van der Waals surface area (Å²) in [5.41, 5.74) is 1.38. The largest absolute Gasteiger partial charge is 0.346 e. The van der Waals surface area contributed by atoms with Crippen LogP contribution in [0.1, 0.15) is 52.0 Å². The van der Waals surface area contributed by atoms with Gasteiger partial charge in [-0.05, 0) is 37.3 Å². The molecular formula is C18H21NO4S. The first-order valence-corrected chi connectivity index (χ1v) is 9.97. The van der Waals surface area contributed by atoms with Gasteiger partial charge in [0.05, 0.1) is 11.5 Å². The Morgan fingerprint density at radius 1 is 1.25 bits per heavy atom. The van der Waals surface area contributed by atoms with Crippen molar-refractivity contribution in [2.75, 3.05) is 11.5 Å². The first-order valence-electron chi connectivity index (χ1n) is 8.15. The second-order valence-electron chi connectivity index (χ2n) is 6.63. The van der Waals surface area contributed by atoms with E-state index >= 15 is 0 Å². The number of fused-ring (bicyclic) bond motifs is 1. The third-order valence-corrected chi connectivity index (χ3v) is 6.67. The molecule has 5 nitrogen and oxygen atoms in total. The molecule has 0 radical (unpaired) electrons. The van der Waals surface area contributed by atoms with E-state index in [2.05, 4.69) is 11.9 Å². The Bertz CT molecular complexity index is 796. The van der Waals surface area contributed by atoms with Crippen molar-refractivity contribution < 1.29 is 18.0 Å². The van der Waals surface area contributed by atoms with Crippen LogP contribution in [0.3, 0.4) is 0 Å². The summed E-state index contributed by atoms with van der Waals surface area (Å²) < 4.78 is 23.4. The summed E-state index contributed by atoms with van der Waals surface area (Å²) in [4.78, 5) is 24.7. The third kappa shape index (κ3) is 3.15. The maximum atomic E-state index is 12.8. The van der Waals surface area contributed by atoms with E-state index in [-0.39, 0.29) is 23.2 Å². The van der Waals surface area contributed by atoms with E-state index in [0.717, 1.165) is 5.56 Å². The molecule has 0 atom stereocenters. The fraction of sp³-hybridized carbons (Fsp3) is 0.444. The first kappa shape index (κ1) is 16.9. The van der Waals surface area contributed by atoms with Crippen molar-refractivity contribution in [3.05, 3.63) is 47.5 Å². The average Bonchev–Trinajstić information content (AvgIpc) is 2.92. The van der Waals surface area contributed by atoms with Gasteiger partial charge in [-0.2, -0.15) is 0 Å². The SMILES string of the molecule is C=CCC1(NC(=O)c2cccc3c2CCC3=O)CCS(=O)(=O)CC1. The molecule has 1 aromatic rings. The summed E-state index contributed by atoms with van der Waals surface area (Å²) in [7, 11) is -3.02. The molecule has 1 aliphatic heterocycles. The molecule has 0 aromatic heterocycles. The average molecular weight is 347 g/mol. The minimum atomic E-state index is -3.02. The minimum Gasteiger partial charge on any atom is -0.346 e. The Hall–Kier alpha value is -1.95. The Labute approximate surface area is 142 Å². The van der Waals surface area contributed by atoms with Crippen molar-refractivity contribution in [3.8, 4) is 0 Å². The van der Waals surface area contributed by atoms with E-state index in [0.29, 0.717) is 43.2 Å². The molecule has 0 bridgehead atoms. The third-order valence-electron chi connectivity index (χ3n) is 5.02. The van der Waals surface area contributed by atoms with Crippen LogP contribution in [0.15, 0.2) is 30.9 Å². The van der Waals surface area contributed by atoms with Gasteiger partial charge >= 0.3 is 0 Å². The molecule has 1 aliphatic carbocycles. The highest BCUT2D eigenvalue weighted by Crippen LogP contribution is 2.30. The molecule has 128 valence electrons. The normalized spacial score (nSPS) is 21.1. The molecule has 1 fully saturated rings. The van der Waals surface area contributed by atoms with Crippen LogP contribution in [0.4, 0.5) is 0 Å². The second kappa shape index (κ2) is 6.16. The number of ketones is 1. The zero-order chi connectivity index (χ0) is 17.4. The Balaban J connectivity index is 1.85. The molecule has 0 unspecified atom stereocenters. The summed E-state index contributed by atoms with van der Waals surface area (Å²) in [6.07, 6.45) is 4.05. The fourth-order valence-corrected chi connectivity index (χ4v) is 5.20. The van der Waals surface area contributed by atoms with Gasteiger partial charge in [0.15, 0.2) is 5.78 Å². The molecule has 1 aromatic carbocycles. The molecule has 3 rings (SSSR count). The number of benzene rings is 1. The topological polar surface area (TPSA) is 80.3 Å². The molecule has 0 saturated carbocycles. The molecule has 1 N–H and O–H groups in total. The van der Waals surface area contributed by atoms with Crippen molar-refractivity contribution in [1.29, 1.82) is 0 Å². The monoisotopic (exact) mass is 347 g/mol. The molecule has 0 spiro atoms. The van der Waals surface area contributed by atoms with Crippen LogP contribution in [0, 0.1) is 0 Å². The van der Waals surface area contributed by atoms with Crippen LogP contribution in [-0.4, -0.2) is 37.2 Å². The van der Waals surface area contributed by atoms with Gasteiger partial charge in [-0.3, -0.25) is 9.59 Å². The highest BCUT2D eigenvalue weighted by atomic mass is 32.2. The highest BCUT2D eigenvalue weighted by Gasteiger charge is 2.38. The smallest absolute Gasteiger partial charge is 0.252 e. The summed E-state index contributed by atoms with van der Waals surface area (Å²) in [5, 5.41) is 3.05. The standard InChI is InChI=1S/C18H21NO4S/c1-2-8-18(9-11-24(22,23)12-10-18)19-17(21)15-5-3-4-14-13(15)6-7-16(14)20/h2-5H,1,6-12H2,(H,19,21). The highest BCUT2D eigenvalue weighted by molar-refractivity contribution is 7.91. The van der Waals surface area contributed by atoms with Crippen molar-refractivity contribution in [2.45, 2.75) is 37.6 Å². The Morgan fingerprint density at radius 3 is 2.62 bits per heavy atom. The number of rotatable bonds is 4. The van der Waals surface area contributed by atoms with Gasteiger partial charge in [-0.25, -0.2) is 8.42 Å². The van der Waals surface area contributed by atoms with Crippen molar-refractivity contribution in [1.82, 2.24) is 5.32 Å². The second-order valence-corrected chi connectivity index (χ2v) is 8.94. The molecule has 1 amide bonds. The van der Waals surface area contributed by atoms with E-state index in [1.165, 1.54) is 0 Å². The minimum absolute atomic E-state index is 0.0733. The lowest BCUT2D eigenvalue weighted by Crippen LogP contribution is -2.53. The van der Waals surface area contributed by atoms with Gasteiger partial charge in [-0.15, -0.1) is 6.58 Å². The van der Waals surface area contributed by atoms with E-state index in [1.807, 2.05) is 0 Å². The van der Waals surface area contributed by atoms with E-state index in [9.17, 15) is 18.0 Å². The first-order chi connectivity index (χ1) is 11.4. The zero-order valence-corrected chi connectivity index (χ0v) is 14.3. The molecule has 6 heteroatoms. The molecule has 1 saturated heterocycles. The van der Waals surface area contributed by atoms with Crippen LogP contribution in [0.5, 0.6) is 0 Å². The lowest BCUT2D eigenvalue weighted by atomic mass is 9.87. The van der Waals surface area contributed by atoms with Gasteiger partial charge in [0.2, 0.25) is 0 Å². The van der Waals surface area contributed by atoms with Crippen molar-refractivity contribution in [2.24, 2.45) is 0 Å². The lowest BCUT2D eigenvalue weighted by Gasteiger charge is -2.37. The van der Waals surface area contributed by atoms with Crippen LogP contribution in [0.2, 0.25) is 0 Å². The number of carbonyl (C=O) groups excluding carboxylic acids is 2. The maximum absolute atomic E-state index is 12.8. The number of nitrogens with one attached hydrogen (secondary N) is 1. The van der Waals surface area contributed by atoms with E-state index in [4.69, 9.17) is 0 Å². The lowest BCUT2D eigenvalue weighted by molar-refractivity contribution is 0.0889. The van der Waals surface area contributed by atoms with Gasteiger partial charge < -0.3 is 5.32 Å². The summed E-state index contributed by atoms with van der Waals surface area (Å²) in [6, 6.07) is 5.21. The fourth-order valence-electron chi connectivity index (χ4n) is 3.60. The zero-order valence-electron chi connectivity index (χ0n) is 13.5. The van der Waals surface area contributed by atoms with Crippen LogP contribution in [-0.2, 0) is 16.3 Å². The Morgan fingerprint density at radius 2 is 1.96 bits per heavy atom. The van der Waals surface area contributed by atoms with E-state index < -0.39 is 15.4 Å². The van der Waals surface area contributed by atoms with Crippen molar-refractivity contribution >= 4 is 21.5 Å². The maximum Gasteiger partial charge on any atom is 0.252 e. The molecular weight excluding hydrogens is 326 g/mol. The summed E-state index contributed by atoms with van der Waals surface area (Å²) in [5.74, 6) is -0.00848. The van der Waals surface area contributed by atoms with Gasteiger partial charge in [0, 0.05) is 23.1 Å². The number of hydrogen-bond acceptors (Lipinski definition) is 4. The predicted molar refractivity (Wildman–Crippen MR) is 92.0 cm³/mol. The van der Waals surface area contributed by atoms with Gasteiger partial charge in [0.1, 0.15) is 9.84 Å². The molecule has 1 heterocycles. The van der Waals surface area contributed by atoms with Gasteiger partial charge in [-0.1, -0.05) is 18.2 Å². The van der Waals surface area contributed by atoms with Crippen LogP contribution < -0.4 is 5.32 Å². The number of sulfone groups is 1. The molecule has 2 aliphatic rings. The van der Waals surface area contributed by atoms with Gasteiger partial charge in [0.25, 0.3) is 5.91 Å². The van der Waals surface area contributed by atoms with Crippen LogP contribution >= 0.6 is 0 Å². The summed E-state index contributed by atoms with van der Waals surface area (Å²) >= 11 is 0. The van der Waals surface area contributed by atoms with E-state index in [1.54, 1.807) is 24.3 Å².